The van der Waals surface area contributed by atoms with Crippen molar-refractivity contribution in [3.8, 4) is 0 Å². The van der Waals surface area contributed by atoms with Crippen LogP contribution in [0.2, 0.25) is 5.04 Å². The lowest BCUT2D eigenvalue weighted by atomic mass is 9.93. The molecule has 5 rings (SSSR count). The SMILES string of the molecule is C=CCO[C@@H]1OC([C@H](OCC=C)C(N)=O)[C@H](OC(C)=O)[C@H]1O[C@@H]1O[C@H](CO[Si](c2ccccc2)(c2ccccc2)C(C)(C)C)[C@@H](O[C@@H]2O[C@H](COC(C)=O)[C@@H](OC(C)=O)[C@H](OC(C)=O)[C@H]2NC(C)=O)[C@H](OC(C)=O)[C@H]1NC(C)=O. The summed E-state index contributed by atoms with van der Waals surface area (Å²) in [6.45, 7) is 19.8. The molecule has 3 aliphatic heterocycles. The maximum absolute atomic E-state index is 13.6. The van der Waals surface area contributed by atoms with Crippen LogP contribution in [0.4, 0.5) is 0 Å². The minimum absolute atomic E-state index is 0.178. The Hall–Kier alpha value is -6.42. The number of hydrogen-bond acceptors (Lipinski definition) is 21. The highest BCUT2D eigenvalue weighted by Gasteiger charge is 2.60. The molecule has 24 nitrogen and oxygen atoms in total. The van der Waals surface area contributed by atoms with Crippen LogP contribution in [0.1, 0.15) is 69.2 Å². The highest BCUT2D eigenvalue weighted by Crippen LogP contribution is 2.40. The van der Waals surface area contributed by atoms with Crippen LogP contribution in [0.5, 0.6) is 0 Å². The Bertz CT molecular complexity index is 2420. The zero-order valence-corrected chi connectivity index (χ0v) is 47.0. The van der Waals surface area contributed by atoms with Crippen LogP contribution in [0, 0.1) is 0 Å². The van der Waals surface area contributed by atoms with Crippen molar-refractivity contribution >= 4 is 66.3 Å². The lowest BCUT2D eigenvalue weighted by Crippen LogP contribution is -2.72. The average molecular weight is 1130 g/mol. The first-order valence-corrected chi connectivity index (χ1v) is 27.4. The van der Waals surface area contributed by atoms with Crippen LogP contribution < -0.4 is 26.7 Å². The Kier molecular flexibility index (Phi) is 23.0. The molecule has 1 unspecified atom stereocenters. The smallest absolute Gasteiger partial charge is 0.303 e. The Morgan fingerprint density at radius 3 is 1.46 bits per heavy atom. The maximum Gasteiger partial charge on any atom is 0.303 e. The van der Waals surface area contributed by atoms with Crippen LogP contribution in [0.25, 0.3) is 0 Å². The maximum atomic E-state index is 13.6. The molecule has 0 aromatic heterocycles. The number of benzene rings is 2. The van der Waals surface area contributed by atoms with Crippen molar-refractivity contribution in [3.05, 3.63) is 86.0 Å². The molecular formula is C54H73N3O21Si. The van der Waals surface area contributed by atoms with E-state index < -0.39 is 166 Å². The Morgan fingerprint density at radius 2 is 1.03 bits per heavy atom. The molecule has 3 heterocycles. The van der Waals surface area contributed by atoms with Gasteiger partial charge >= 0.3 is 29.8 Å². The monoisotopic (exact) mass is 1130 g/mol. The average Bonchev–Trinajstić information content (AvgIpc) is 3.81. The van der Waals surface area contributed by atoms with Crippen molar-refractivity contribution in [3.63, 3.8) is 0 Å². The molecule has 15 atom stereocenters. The van der Waals surface area contributed by atoms with Crippen LogP contribution in [0.15, 0.2) is 86.0 Å². The van der Waals surface area contributed by atoms with E-state index in [1.165, 1.54) is 12.2 Å². The number of primary amides is 1. The van der Waals surface area contributed by atoms with E-state index in [2.05, 4.69) is 23.8 Å². The molecule has 3 amide bonds. The van der Waals surface area contributed by atoms with E-state index in [9.17, 15) is 38.4 Å². The Labute approximate surface area is 459 Å². The number of nitrogens with two attached hydrogens (primary N) is 1. The van der Waals surface area contributed by atoms with Crippen molar-refractivity contribution in [2.75, 3.05) is 26.4 Å². The molecule has 0 aliphatic carbocycles. The van der Waals surface area contributed by atoms with Gasteiger partial charge in [0.1, 0.15) is 43.1 Å². The van der Waals surface area contributed by atoms with Gasteiger partial charge in [0.25, 0.3) is 8.32 Å². The van der Waals surface area contributed by atoms with Gasteiger partial charge in [-0.05, 0) is 15.4 Å². The molecule has 3 aliphatic rings. The minimum Gasteiger partial charge on any atom is -0.463 e. The van der Waals surface area contributed by atoms with Gasteiger partial charge in [0.15, 0.2) is 55.5 Å². The third-order valence-electron chi connectivity index (χ3n) is 12.7. The summed E-state index contributed by atoms with van der Waals surface area (Å²) in [5.74, 6) is -6.71. The number of esters is 5. The fraction of sp³-hybridized carbons (Fsp3) is 0.556. The van der Waals surface area contributed by atoms with Gasteiger partial charge in [-0.2, -0.15) is 0 Å². The number of rotatable bonds is 25. The summed E-state index contributed by atoms with van der Waals surface area (Å²) >= 11 is 0. The normalized spacial score (nSPS) is 28.2. The van der Waals surface area contributed by atoms with Gasteiger partial charge in [-0.1, -0.05) is 93.6 Å². The summed E-state index contributed by atoms with van der Waals surface area (Å²) in [5.41, 5.74) is 5.83. The highest BCUT2D eigenvalue weighted by atomic mass is 28.4. The van der Waals surface area contributed by atoms with E-state index in [1.807, 2.05) is 81.4 Å². The van der Waals surface area contributed by atoms with Gasteiger partial charge in [0.2, 0.25) is 17.7 Å². The number of amides is 3. The molecule has 0 spiro atoms. The number of carbonyl (C=O) groups excluding carboxylic acids is 8. The summed E-state index contributed by atoms with van der Waals surface area (Å²) in [6.07, 6.45) is -18.0. The molecule has 2 aromatic rings. The van der Waals surface area contributed by atoms with Crippen molar-refractivity contribution in [2.45, 2.75) is 166 Å². The van der Waals surface area contributed by atoms with Crippen LogP contribution in [0.3, 0.4) is 0 Å². The van der Waals surface area contributed by atoms with E-state index in [1.54, 1.807) is 0 Å². The van der Waals surface area contributed by atoms with E-state index in [-0.39, 0.29) is 13.2 Å². The first-order chi connectivity index (χ1) is 37.3. The molecule has 434 valence electrons. The first kappa shape index (κ1) is 63.4. The quantitative estimate of drug-likeness (QED) is 0.0542. The van der Waals surface area contributed by atoms with E-state index in [4.69, 9.17) is 67.0 Å². The topological polar surface area (TPSA) is 307 Å². The summed E-state index contributed by atoms with van der Waals surface area (Å²) in [5, 5.41) is 6.44. The molecule has 3 saturated heterocycles. The van der Waals surface area contributed by atoms with Crippen LogP contribution in [-0.4, -0.2) is 174 Å². The predicted octanol–water partition coefficient (Wildman–Crippen LogP) is 1.07. The van der Waals surface area contributed by atoms with Crippen molar-refractivity contribution < 1.29 is 99.6 Å². The fourth-order valence-electron chi connectivity index (χ4n) is 9.89. The second kappa shape index (κ2) is 28.6. The third kappa shape index (κ3) is 16.4. The Morgan fingerprint density at radius 1 is 0.582 bits per heavy atom. The second-order valence-electron chi connectivity index (χ2n) is 19.8. The van der Waals surface area contributed by atoms with Crippen LogP contribution >= 0.6 is 0 Å². The molecule has 3 fully saturated rings. The molecule has 79 heavy (non-hydrogen) atoms. The third-order valence-corrected chi connectivity index (χ3v) is 17.7. The summed E-state index contributed by atoms with van der Waals surface area (Å²) in [7, 11) is -3.56. The first-order valence-electron chi connectivity index (χ1n) is 25.5. The summed E-state index contributed by atoms with van der Waals surface area (Å²) in [4.78, 5) is 104. The van der Waals surface area contributed by atoms with Crippen molar-refractivity contribution in [1.82, 2.24) is 10.6 Å². The van der Waals surface area contributed by atoms with Crippen molar-refractivity contribution in [1.29, 1.82) is 0 Å². The summed E-state index contributed by atoms with van der Waals surface area (Å²) in [6, 6.07) is 15.9. The van der Waals surface area contributed by atoms with Gasteiger partial charge in [0.05, 0.1) is 19.8 Å². The van der Waals surface area contributed by atoms with Crippen LogP contribution in [-0.2, 0) is 99.6 Å². The van der Waals surface area contributed by atoms with E-state index >= 15 is 0 Å². The van der Waals surface area contributed by atoms with E-state index in [0.717, 1.165) is 58.8 Å². The van der Waals surface area contributed by atoms with Crippen molar-refractivity contribution in [2.24, 2.45) is 5.73 Å². The van der Waals surface area contributed by atoms with Gasteiger partial charge < -0.3 is 77.6 Å². The molecule has 0 bridgehead atoms. The number of carbonyl (C=O) groups is 8. The number of hydrogen-bond donors (Lipinski definition) is 3. The fourth-order valence-corrected chi connectivity index (χ4v) is 14.5. The predicted molar refractivity (Wildman–Crippen MR) is 279 cm³/mol. The van der Waals surface area contributed by atoms with Gasteiger partial charge in [0, 0.05) is 48.5 Å². The van der Waals surface area contributed by atoms with Gasteiger partial charge in [-0.3, -0.25) is 38.4 Å². The van der Waals surface area contributed by atoms with E-state index in [0.29, 0.717) is 0 Å². The molecular weight excluding hydrogens is 1050 g/mol. The molecule has 0 saturated carbocycles. The molecule has 2 aromatic carbocycles. The largest absolute Gasteiger partial charge is 0.463 e. The van der Waals surface area contributed by atoms with Gasteiger partial charge in [-0.25, -0.2) is 0 Å². The standard InChI is InChI=1S/C54H73N3O21Si/c1-13-25-66-48(50(55)65)46-47(73-35(9)64)49(53(77-46)67-26-14-2)78-52-41(57-30(4)59)45(72-34(8)63)43(39(75-52)28-69-79(54(10,11)12,36-21-17-15-18-22-36)37-23-19-16-20-24-37)76-51-40(56-29(3)58)44(71-33(7)62)42(70-32(6)61)38(74-51)27-68-31(5)60/h13-24,38-49,51-53H,1-2,25-28H2,3-12H3,(H2,55,65)(H,56,58)(H,57,59)/t38-,39-,40-,41-,42-,43-,44-,45-,46?,47+,48+,49-,51+,52+,53-/m1/s1. The van der Waals surface area contributed by atoms with Gasteiger partial charge in [-0.15, -0.1) is 13.2 Å². The zero-order chi connectivity index (χ0) is 58.4. The molecule has 4 N–H and O–H groups in total. The Balaban J connectivity index is 1.79. The minimum atomic E-state index is -3.56. The second-order valence-corrected chi connectivity index (χ2v) is 24.2. The molecule has 0 radical (unpaired) electrons. The summed E-state index contributed by atoms with van der Waals surface area (Å²) < 4.78 is 81.3. The molecule has 25 heteroatoms. The highest BCUT2D eigenvalue weighted by molar-refractivity contribution is 6.99. The lowest BCUT2D eigenvalue weighted by Gasteiger charge is -2.51. The zero-order valence-electron chi connectivity index (χ0n) is 46.0. The number of ether oxygens (including phenoxy) is 12. The number of nitrogens with one attached hydrogen (secondary N) is 2. The lowest BCUT2D eigenvalue weighted by molar-refractivity contribution is -0.342.